The summed E-state index contributed by atoms with van der Waals surface area (Å²) < 4.78 is 15.4. The number of piperazine rings is 1. The lowest BCUT2D eigenvalue weighted by molar-refractivity contribution is -0.122. The third kappa shape index (κ3) is 5.64. The number of rotatable bonds is 8. The number of thioether (sulfide) groups is 1. The lowest BCUT2D eigenvalue weighted by Crippen LogP contribution is -2.48. The molecule has 1 aromatic heterocycles. The maximum Gasteiger partial charge on any atom is 0.270 e. The second kappa shape index (κ2) is 12.1. The highest BCUT2D eigenvalue weighted by molar-refractivity contribution is 8.26. The molecule has 2 saturated heterocycles. The fraction of sp³-hybridized carbons (Fsp3) is 0.429. The zero-order chi connectivity index (χ0) is 27.4. The largest absolute Gasteiger partial charge is 0.368 e. The summed E-state index contributed by atoms with van der Waals surface area (Å²) in [4.78, 5) is 32.8. The van der Waals surface area contributed by atoms with E-state index in [9.17, 15) is 19.2 Å². The minimum atomic E-state index is -0.360. The molecule has 0 N–H and O–H groups in total. The van der Waals surface area contributed by atoms with Crippen LogP contribution < -0.4 is 15.4 Å². The van der Waals surface area contributed by atoms with Gasteiger partial charge in [0.05, 0.1) is 4.91 Å². The topological polar surface area (TPSA) is 72.6 Å². The molecule has 3 heterocycles. The fourth-order valence-electron chi connectivity index (χ4n) is 4.94. The molecule has 200 valence electrons. The van der Waals surface area contributed by atoms with Crippen molar-refractivity contribution in [2.75, 3.05) is 42.5 Å². The molecule has 2 aromatic rings. The van der Waals surface area contributed by atoms with E-state index in [1.807, 2.05) is 0 Å². The smallest absolute Gasteiger partial charge is 0.270 e. The van der Waals surface area contributed by atoms with E-state index >= 15 is 0 Å². The molecule has 0 atom stereocenters. The van der Waals surface area contributed by atoms with Gasteiger partial charge in [0.25, 0.3) is 11.5 Å². The molecule has 2 aliphatic heterocycles. The second-order valence-corrected chi connectivity index (χ2v) is 11.2. The summed E-state index contributed by atoms with van der Waals surface area (Å²) in [5.41, 5.74) is 1.90. The van der Waals surface area contributed by atoms with Crippen LogP contribution in [-0.4, -0.2) is 52.4 Å². The monoisotopic (exact) mass is 553 g/mol. The molecular formula is C28H32FN5O2S2. The Labute approximate surface area is 232 Å². The molecule has 1 amide bonds. The summed E-state index contributed by atoms with van der Waals surface area (Å²) in [5.74, 6) is 0.278. The number of unbranched alkanes of at least 4 members (excludes halogenated alkanes) is 3. The van der Waals surface area contributed by atoms with E-state index in [0.29, 0.717) is 58.9 Å². The van der Waals surface area contributed by atoms with Gasteiger partial charge in [0, 0.05) is 51.0 Å². The van der Waals surface area contributed by atoms with Crippen LogP contribution in [0.2, 0.25) is 0 Å². The molecule has 0 spiro atoms. The van der Waals surface area contributed by atoms with E-state index in [-0.39, 0.29) is 22.8 Å². The number of halogens is 1. The highest BCUT2D eigenvalue weighted by Crippen LogP contribution is 2.36. The van der Waals surface area contributed by atoms with E-state index in [1.165, 1.54) is 28.5 Å². The predicted molar refractivity (Wildman–Crippen MR) is 156 cm³/mol. The highest BCUT2D eigenvalue weighted by atomic mass is 32.2. The van der Waals surface area contributed by atoms with Crippen LogP contribution in [0.3, 0.4) is 0 Å². The van der Waals surface area contributed by atoms with Crippen LogP contribution >= 0.6 is 24.0 Å². The maximum atomic E-state index is 13.4. The van der Waals surface area contributed by atoms with E-state index in [2.05, 4.69) is 22.8 Å². The summed E-state index contributed by atoms with van der Waals surface area (Å²) in [6.07, 6.45) is 5.98. The zero-order valence-electron chi connectivity index (χ0n) is 22.0. The number of thiocarbonyl (C=S) groups is 1. The van der Waals surface area contributed by atoms with Gasteiger partial charge in [-0.05, 0) is 49.2 Å². The van der Waals surface area contributed by atoms with Crippen molar-refractivity contribution in [2.24, 2.45) is 7.05 Å². The molecular weight excluding hydrogens is 521 g/mol. The summed E-state index contributed by atoms with van der Waals surface area (Å²) in [6, 6.07) is 8.49. The van der Waals surface area contributed by atoms with Crippen molar-refractivity contribution in [1.29, 1.82) is 5.26 Å². The Bertz CT molecular complexity index is 1360. The molecule has 7 nitrogen and oxygen atoms in total. The first-order valence-electron chi connectivity index (χ1n) is 12.9. The Balaban J connectivity index is 1.65. The van der Waals surface area contributed by atoms with E-state index in [4.69, 9.17) is 12.2 Å². The quantitative estimate of drug-likeness (QED) is 0.264. The van der Waals surface area contributed by atoms with Crippen LogP contribution in [0.15, 0.2) is 34.0 Å². The number of pyridine rings is 1. The first kappa shape index (κ1) is 27.9. The van der Waals surface area contributed by atoms with Crippen molar-refractivity contribution in [1.82, 2.24) is 9.47 Å². The van der Waals surface area contributed by atoms with Crippen LogP contribution in [0.25, 0.3) is 6.08 Å². The van der Waals surface area contributed by atoms with Gasteiger partial charge in [-0.2, -0.15) is 5.26 Å². The molecule has 10 heteroatoms. The molecule has 2 aliphatic rings. The van der Waals surface area contributed by atoms with E-state index in [1.54, 1.807) is 37.1 Å². The molecule has 0 saturated carbocycles. The van der Waals surface area contributed by atoms with Gasteiger partial charge in [0.15, 0.2) is 0 Å². The normalized spacial score (nSPS) is 17.0. The van der Waals surface area contributed by atoms with Crippen molar-refractivity contribution in [3.63, 3.8) is 0 Å². The van der Waals surface area contributed by atoms with Crippen molar-refractivity contribution in [3.05, 3.63) is 62.0 Å². The average Bonchev–Trinajstić information content (AvgIpc) is 3.18. The van der Waals surface area contributed by atoms with Gasteiger partial charge in [-0.1, -0.05) is 50.2 Å². The Morgan fingerprint density at radius 1 is 1.08 bits per heavy atom. The van der Waals surface area contributed by atoms with Gasteiger partial charge >= 0.3 is 0 Å². The van der Waals surface area contributed by atoms with Crippen molar-refractivity contribution >= 4 is 51.8 Å². The summed E-state index contributed by atoms with van der Waals surface area (Å²) in [6.45, 7) is 7.10. The number of hydrogen-bond donors (Lipinski definition) is 0. The number of amides is 1. The average molecular weight is 554 g/mol. The van der Waals surface area contributed by atoms with Crippen molar-refractivity contribution in [3.8, 4) is 6.07 Å². The van der Waals surface area contributed by atoms with Gasteiger partial charge in [-0.15, -0.1) is 0 Å². The second-order valence-electron chi connectivity index (χ2n) is 9.56. The van der Waals surface area contributed by atoms with E-state index < -0.39 is 0 Å². The number of aromatic nitrogens is 1. The fourth-order valence-corrected chi connectivity index (χ4v) is 6.23. The number of carbonyl (C=O) groups excluding carboxylic acids is 1. The van der Waals surface area contributed by atoms with Gasteiger partial charge in [-0.3, -0.25) is 19.1 Å². The standard InChI is InChI=1S/C28H32FN5O2S2/c1-4-5-6-7-12-34-27(36)24(38-28(34)37)17-22-19(2)23(18-30)26(35)31(3)25(22)33-15-13-32(14-16-33)21-10-8-20(29)9-11-21/h8-11,17H,4-7,12-16H2,1-3H3. The Hall–Kier alpha value is -3.16. The SMILES string of the molecule is CCCCCCN1C(=O)C(=Cc2c(C)c(C#N)c(=O)n(C)c2N2CCN(c3ccc(F)cc3)CC2)SC1=S. The minimum absolute atomic E-state index is 0.0718. The predicted octanol–water partition coefficient (Wildman–Crippen LogP) is 4.81. The Kier molecular flexibility index (Phi) is 8.90. The third-order valence-electron chi connectivity index (χ3n) is 7.12. The van der Waals surface area contributed by atoms with Crippen LogP contribution in [-0.2, 0) is 11.8 Å². The Morgan fingerprint density at radius 2 is 1.74 bits per heavy atom. The summed E-state index contributed by atoms with van der Waals surface area (Å²) in [7, 11) is 1.67. The maximum absolute atomic E-state index is 13.4. The third-order valence-corrected chi connectivity index (χ3v) is 8.50. The molecule has 0 aliphatic carbocycles. The molecule has 4 rings (SSSR count). The van der Waals surface area contributed by atoms with Gasteiger partial charge < -0.3 is 9.80 Å². The van der Waals surface area contributed by atoms with Gasteiger partial charge in [-0.25, -0.2) is 4.39 Å². The molecule has 1 aromatic carbocycles. The molecule has 2 fully saturated rings. The first-order valence-corrected chi connectivity index (χ1v) is 14.1. The summed E-state index contributed by atoms with van der Waals surface area (Å²) >= 11 is 6.79. The number of anilines is 2. The zero-order valence-corrected chi connectivity index (χ0v) is 23.6. The number of hydrogen-bond acceptors (Lipinski definition) is 7. The minimum Gasteiger partial charge on any atom is -0.368 e. The molecule has 0 radical (unpaired) electrons. The Morgan fingerprint density at radius 3 is 2.37 bits per heavy atom. The van der Waals surface area contributed by atoms with Crippen LogP contribution in [0.4, 0.5) is 15.9 Å². The molecule has 38 heavy (non-hydrogen) atoms. The lowest BCUT2D eigenvalue weighted by atomic mass is 10.0. The van der Waals surface area contributed by atoms with Gasteiger partial charge in [0.2, 0.25) is 0 Å². The van der Waals surface area contributed by atoms with Gasteiger partial charge in [0.1, 0.15) is 27.6 Å². The van der Waals surface area contributed by atoms with Crippen molar-refractivity contribution < 1.29 is 9.18 Å². The van der Waals surface area contributed by atoms with Crippen LogP contribution in [0.5, 0.6) is 0 Å². The summed E-state index contributed by atoms with van der Waals surface area (Å²) in [5, 5.41) is 9.74. The number of nitriles is 1. The first-order chi connectivity index (χ1) is 18.3. The highest BCUT2D eigenvalue weighted by Gasteiger charge is 2.33. The van der Waals surface area contributed by atoms with E-state index in [0.717, 1.165) is 31.4 Å². The lowest BCUT2D eigenvalue weighted by Gasteiger charge is -2.38. The molecule has 0 bridgehead atoms. The number of benzene rings is 1. The molecule has 0 unspecified atom stereocenters. The van der Waals surface area contributed by atoms with Crippen LogP contribution in [0, 0.1) is 24.1 Å². The number of nitrogens with zero attached hydrogens (tertiary/aromatic N) is 5. The number of carbonyl (C=O) groups is 1. The van der Waals surface area contributed by atoms with Crippen LogP contribution in [0.1, 0.15) is 49.3 Å². The van der Waals surface area contributed by atoms with Crippen molar-refractivity contribution in [2.45, 2.75) is 39.5 Å².